The van der Waals surface area contributed by atoms with E-state index in [0.29, 0.717) is 31.2 Å². The maximum atomic E-state index is 12.1. The Labute approximate surface area is 235 Å². The molecule has 7 atom stereocenters. The third-order valence-electron chi connectivity index (χ3n) is 11.9. The van der Waals surface area contributed by atoms with Crippen molar-refractivity contribution in [1.82, 2.24) is 4.90 Å². The summed E-state index contributed by atoms with van der Waals surface area (Å²) in [6.07, 6.45) is 14.6. The summed E-state index contributed by atoms with van der Waals surface area (Å²) in [5.74, 6) is 1.97. The number of fused-ring (bicyclic) bond motifs is 5. The smallest absolute Gasteiger partial charge is 0.0952 e. The number of nitrogens with zero attached hydrogens (tertiary/aromatic N) is 1. The molecular weight excluding hydrogens is 494 g/mol. The fraction of sp³-hybridized carbons (Fsp3) is 0.758. The van der Waals surface area contributed by atoms with Crippen LogP contribution in [0, 0.1) is 28.6 Å². The Hall–Kier alpha value is -0.910. The second-order valence-electron chi connectivity index (χ2n) is 13.5. The Morgan fingerprint density at radius 1 is 0.947 bits per heavy atom. The Morgan fingerprint density at radius 2 is 1.71 bits per heavy atom. The van der Waals surface area contributed by atoms with Crippen LogP contribution in [-0.4, -0.2) is 55.6 Å². The minimum Gasteiger partial charge on any atom is -0.385 e. The van der Waals surface area contributed by atoms with E-state index in [0.717, 1.165) is 61.8 Å². The third-order valence-corrected chi connectivity index (χ3v) is 12.1. The van der Waals surface area contributed by atoms with Gasteiger partial charge < -0.3 is 19.5 Å². The largest absolute Gasteiger partial charge is 0.385 e. The van der Waals surface area contributed by atoms with Gasteiger partial charge in [-0.1, -0.05) is 49.2 Å². The summed E-state index contributed by atoms with van der Waals surface area (Å²) in [5.41, 5.74) is 2.18. The van der Waals surface area contributed by atoms with E-state index in [1.807, 2.05) is 12.1 Å². The first-order valence-electron chi connectivity index (χ1n) is 15.4. The molecule has 4 fully saturated rings. The van der Waals surface area contributed by atoms with Gasteiger partial charge in [0.15, 0.2) is 0 Å². The van der Waals surface area contributed by atoms with Gasteiger partial charge in [0.2, 0.25) is 0 Å². The van der Waals surface area contributed by atoms with E-state index in [1.54, 1.807) is 5.57 Å². The highest BCUT2D eigenvalue weighted by Crippen LogP contribution is 2.69. The van der Waals surface area contributed by atoms with Gasteiger partial charge in [-0.05, 0) is 118 Å². The van der Waals surface area contributed by atoms with E-state index < -0.39 is 5.60 Å². The second-order valence-corrected chi connectivity index (χ2v) is 14.0. The highest BCUT2D eigenvalue weighted by Gasteiger charge is 2.64. The fourth-order valence-corrected chi connectivity index (χ4v) is 9.69. The Morgan fingerprint density at radius 3 is 2.50 bits per heavy atom. The van der Waals surface area contributed by atoms with Crippen LogP contribution in [0.2, 0.25) is 5.02 Å². The molecule has 0 bridgehead atoms. The minimum absolute atomic E-state index is 0.0706. The molecule has 1 heterocycles. The zero-order valence-electron chi connectivity index (χ0n) is 23.6. The molecular formula is C33H48ClNO3. The van der Waals surface area contributed by atoms with Gasteiger partial charge in [0.1, 0.15) is 0 Å². The molecule has 5 heteroatoms. The molecule has 38 heavy (non-hydrogen) atoms. The zero-order chi connectivity index (χ0) is 26.4. The summed E-state index contributed by atoms with van der Waals surface area (Å²) in [7, 11) is 0. The monoisotopic (exact) mass is 541 g/mol. The maximum Gasteiger partial charge on any atom is 0.0952 e. The lowest BCUT2D eigenvalue weighted by atomic mass is 9.46. The molecule has 1 aromatic carbocycles. The molecule has 1 aromatic rings. The van der Waals surface area contributed by atoms with Gasteiger partial charge in [-0.3, -0.25) is 0 Å². The van der Waals surface area contributed by atoms with Crippen molar-refractivity contribution < 1.29 is 14.6 Å². The first-order chi connectivity index (χ1) is 18.3. The number of benzene rings is 1. The summed E-state index contributed by atoms with van der Waals surface area (Å²) in [6.45, 7) is 10.7. The van der Waals surface area contributed by atoms with Crippen molar-refractivity contribution in [3.8, 4) is 0 Å². The molecule has 4 aliphatic carbocycles. The predicted octanol–water partition coefficient (Wildman–Crippen LogP) is 6.99. The summed E-state index contributed by atoms with van der Waals surface area (Å²) < 4.78 is 12.2. The fourth-order valence-electron chi connectivity index (χ4n) is 9.56. The topological polar surface area (TPSA) is 41.9 Å². The van der Waals surface area contributed by atoms with Gasteiger partial charge in [0.05, 0.1) is 31.5 Å². The number of halogens is 1. The van der Waals surface area contributed by atoms with E-state index in [1.165, 1.54) is 45.2 Å². The molecule has 210 valence electrons. The summed E-state index contributed by atoms with van der Waals surface area (Å²) in [5, 5.41) is 12.9. The van der Waals surface area contributed by atoms with Crippen molar-refractivity contribution in [2.45, 2.75) is 89.8 Å². The van der Waals surface area contributed by atoms with Gasteiger partial charge in [0.25, 0.3) is 0 Å². The SMILES string of the molecule is C[C@]12CC[C@H](OCCOCCN3CCCC3)CC1=CC[C@@H]1[C@@H]2CC[C@@]2(C)[C@H]1CC[C@@]2(O)c1ccc(Cl)cc1. The lowest BCUT2D eigenvalue weighted by molar-refractivity contribution is -0.130. The number of ether oxygens (including phenoxy) is 2. The molecule has 0 radical (unpaired) electrons. The van der Waals surface area contributed by atoms with Crippen molar-refractivity contribution in [2.75, 3.05) is 39.5 Å². The van der Waals surface area contributed by atoms with Crippen LogP contribution in [0.5, 0.6) is 0 Å². The molecule has 1 saturated heterocycles. The number of likely N-dealkylation sites (tertiary alicyclic amines) is 1. The average molecular weight is 542 g/mol. The molecule has 0 unspecified atom stereocenters. The molecule has 5 aliphatic rings. The first kappa shape index (κ1) is 27.3. The van der Waals surface area contributed by atoms with Crippen LogP contribution in [0.4, 0.5) is 0 Å². The quantitative estimate of drug-likeness (QED) is 0.284. The molecule has 0 aromatic heterocycles. The molecule has 4 nitrogen and oxygen atoms in total. The lowest BCUT2D eigenvalue weighted by Gasteiger charge is -2.59. The van der Waals surface area contributed by atoms with Crippen molar-refractivity contribution in [3.05, 3.63) is 46.5 Å². The third kappa shape index (κ3) is 4.71. The Bertz CT molecular complexity index is 1010. The number of aliphatic hydroxyl groups is 1. The summed E-state index contributed by atoms with van der Waals surface area (Å²) in [4.78, 5) is 2.50. The van der Waals surface area contributed by atoms with E-state index in [2.05, 4.69) is 37.0 Å². The number of allylic oxidation sites excluding steroid dienone is 1. The van der Waals surface area contributed by atoms with E-state index in [-0.39, 0.29) is 10.8 Å². The van der Waals surface area contributed by atoms with Crippen molar-refractivity contribution in [2.24, 2.45) is 28.6 Å². The summed E-state index contributed by atoms with van der Waals surface area (Å²) in [6, 6.07) is 7.99. The van der Waals surface area contributed by atoms with Crippen LogP contribution in [0.15, 0.2) is 35.9 Å². The highest BCUT2D eigenvalue weighted by molar-refractivity contribution is 6.30. The zero-order valence-corrected chi connectivity index (χ0v) is 24.4. The van der Waals surface area contributed by atoms with Crippen LogP contribution in [0.25, 0.3) is 0 Å². The molecule has 1 N–H and O–H groups in total. The molecule has 0 amide bonds. The first-order valence-corrected chi connectivity index (χ1v) is 15.8. The van der Waals surface area contributed by atoms with Crippen molar-refractivity contribution in [3.63, 3.8) is 0 Å². The summed E-state index contributed by atoms with van der Waals surface area (Å²) >= 11 is 6.18. The molecule has 1 aliphatic heterocycles. The van der Waals surface area contributed by atoms with Crippen LogP contribution >= 0.6 is 11.6 Å². The Balaban J connectivity index is 1.06. The molecule has 0 spiro atoms. The van der Waals surface area contributed by atoms with Crippen molar-refractivity contribution in [1.29, 1.82) is 0 Å². The molecule has 6 rings (SSSR count). The average Bonchev–Trinajstić information content (AvgIpc) is 3.53. The van der Waals surface area contributed by atoms with E-state index in [9.17, 15) is 5.11 Å². The van der Waals surface area contributed by atoms with Crippen LogP contribution in [0.1, 0.15) is 83.6 Å². The van der Waals surface area contributed by atoms with Crippen LogP contribution in [0.3, 0.4) is 0 Å². The number of rotatable bonds is 8. The number of hydrogen-bond donors (Lipinski definition) is 1. The van der Waals surface area contributed by atoms with Crippen molar-refractivity contribution >= 4 is 11.6 Å². The Kier molecular flexibility index (Phi) is 7.76. The van der Waals surface area contributed by atoms with E-state index in [4.69, 9.17) is 21.1 Å². The van der Waals surface area contributed by atoms with Crippen LogP contribution < -0.4 is 0 Å². The number of hydrogen-bond acceptors (Lipinski definition) is 4. The standard InChI is InChI=1S/C33H48ClNO3/c1-31-14-11-27(38-22-21-37-20-19-35-17-3-4-18-35)23-25(31)7-10-28-29(31)12-15-32(2)30(28)13-16-33(32,36)24-5-8-26(34)9-6-24/h5-9,27-30,36H,3-4,10-23H2,1-2H3/t27-,28+,29-,30-,31-,32-,33+/m0/s1. The molecule has 3 saturated carbocycles. The van der Waals surface area contributed by atoms with Gasteiger partial charge in [0, 0.05) is 17.0 Å². The second kappa shape index (κ2) is 10.8. The van der Waals surface area contributed by atoms with Gasteiger partial charge in [-0.2, -0.15) is 0 Å². The lowest BCUT2D eigenvalue weighted by Crippen LogP contribution is -2.53. The van der Waals surface area contributed by atoms with Gasteiger partial charge in [-0.25, -0.2) is 0 Å². The van der Waals surface area contributed by atoms with Gasteiger partial charge >= 0.3 is 0 Å². The normalized spacial score (nSPS) is 40.9. The highest BCUT2D eigenvalue weighted by atomic mass is 35.5. The van der Waals surface area contributed by atoms with Gasteiger partial charge in [-0.15, -0.1) is 0 Å². The van der Waals surface area contributed by atoms with E-state index >= 15 is 0 Å². The minimum atomic E-state index is -0.750. The predicted molar refractivity (Wildman–Crippen MR) is 153 cm³/mol. The van der Waals surface area contributed by atoms with Crippen LogP contribution in [-0.2, 0) is 15.1 Å². The maximum absolute atomic E-state index is 12.1.